The average molecular weight is 241 g/mol. The molecule has 5 heteroatoms. The molecule has 1 atom stereocenters. The molecule has 1 heterocycles. The highest BCUT2D eigenvalue weighted by Crippen LogP contribution is 2.08. The van der Waals surface area contributed by atoms with Gasteiger partial charge in [0.25, 0.3) is 0 Å². The Morgan fingerprint density at radius 2 is 2.12 bits per heavy atom. The number of imidazole rings is 1. The summed E-state index contributed by atoms with van der Waals surface area (Å²) in [6.45, 7) is 4.59. The van der Waals surface area contributed by atoms with Crippen molar-refractivity contribution in [3.05, 3.63) is 12.4 Å². The molecule has 0 aliphatic carbocycles. The van der Waals surface area contributed by atoms with E-state index >= 15 is 0 Å². The van der Waals surface area contributed by atoms with Crippen molar-refractivity contribution < 1.29 is 9.47 Å². The van der Waals surface area contributed by atoms with Gasteiger partial charge in [-0.1, -0.05) is 0 Å². The van der Waals surface area contributed by atoms with Crippen LogP contribution in [0.4, 0.5) is 5.95 Å². The largest absolute Gasteiger partial charge is 0.385 e. The molecule has 1 aromatic heterocycles. The van der Waals surface area contributed by atoms with Gasteiger partial charge in [0.15, 0.2) is 0 Å². The molecule has 0 fully saturated rings. The summed E-state index contributed by atoms with van der Waals surface area (Å²) in [5.41, 5.74) is 0. The van der Waals surface area contributed by atoms with Crippen LogP contribution in [0, 0.1) is 0 Å². The Kier molecular flexibility index (Phi) is 6.65. The van der Waals surface area contributed by atoms with E-state index in [4.69, 9.17) is 9.47 Å². The molecule has 0 aromatic carbocycles. The summed E-state index contributed by atoms with van der Waals surface area (Å²) in [4.78, 5) is 4.31. The molecule has 0 radical (unpaired) electrons. The van der Waals surface area contributed by atoms with Gasteiger partial charge < -0.3 is 19.4 Å². The van der Waals surface area contributed by atoms with Gasteiger partial charge in [-0.3, -0.25) is 0 Å². The molecule has 0 amide bonds. The van der Waals surface area contributed by atoms with Gasteiger partial charge in [0, 0.05) is 52.4 Å². The van der Waals surface area contributed by atoms with Crippen molar-refractivity contribution in [2.24, 2.45) is 0 Å². The van der Waals surface area contributed by atoms with E-state index in [9.17, 15) is 0 Å². The van der Waals surface area contributed by atoms with Gasteiger partial charge in [0.2, 0.25) is 5.95 Å². The zero-order valence-electron chi connectivity index (χ0n) is 11.0. The minimum atomic E-state index is 0.360. The normalized spacial score (nSPS) is 12.6. The van der Waals surface area contributed by atoms with Crippen LogP contribution in [-0.4, -0.2) is 43.0 Å². The van der Waals surface area contributed by atoms with Crippen molar-refractivity contribution in [1.29, 1.82) is 0 Å². The molecular formula is C12H23N3O2. The summed E-state index contributed by atoms with van der Waals surface area (Å²) >= 11 is 0. The SMILES string of the molecule is COCCCn1ccnc1NC(C)CCOC. The monoisotopic (exact) mass is 241 g/mol. The number of hydrogen-bond donors (Lipinski definition) is 1. The minimum Gasteiger partial charge on any atom is -0.385 e. The van der Waals surface area contributed by atoms with Crippen molar-refractivity contribution in [3.63, 3.8) is 0 Å². The Morgan fingerprint density at radius 1 is 1.35 bits per heavy atom. The lowest BCUT2D eigenvalue weighted by Crippen LogP contribution is -2.20. The van der Waals surface area contributed by atoms with Crippen LogP contribution >= 0.6 is 0 Å². The molecule has 1 N–H and O–H groups in total. The van der Waals surface area contributed by atoms with Gasteiger partial charge in [-0.15, -0.1) is 0 Å². The Bertz CT molecular complexity index is 302. The molecule has 1 rings (SSSR count). The molecule has 17 heavy (non-hydrogen) atoms. The maximum Gasteiger partial charge on any atom is 0.202 e. The molecule has 1 unspecified atom stereocenters. The van der Waals surface area contributed by atoms with E-state index in [0.29, 0.717) is 6.04 Å². The van der Waals surface area contributed by atoms with E-state index in [-0.39, 0.29) is 0 Å². The van der Waals surface area contributed by atoms with Crippen molar-refractivity contribution in [3.8, 4) is 0 Å². The van der Waals surface area contributed by atoms with E-state index in [1.54, 1.807) is 14.2 Å². The van der Waals surface area contributed by atoms with Crippen LogP contribution in [0.15, 0.2) is 12.4 Å². The number of methoxy groups -OCH3 is 2. The van der Waals surface area contributed by atoms with Crippen molar-refractivity contribution >= 4 is 5.95 Å². The summed E-state index contributed by atoms with van der Waals surface area (Å²) < 4.78 is 12.2. The molecule has 0 saturated heterocycles. The molecule has 5 nitrogen and oxygen atoms in total. The topological polar surface area (TPSA) is 48.3 Å². The minimum absolute atomic E-state index is 0.360. The first kappa shape index (κ1) is 14.0. The average Bonchev–Trinajstić information content (AvgIpc) is 2.74. The van der Waals surface area contributed by atoms with E-state index in [1.807, 2.05) is 12.4 Å². The Balaban J connectivity index is 2.39. The number of hydrogen-bond acceptors (Lipinski definition) is 4. The summed E-state index contributed by atoms with van der Waals surface area (Å²) in [7, 11) is 3.44. The quantitative estimate of drug-likeness (QED) is 0.669. The van der Waals surface area contributed by atoms with E-state index in [1.165, 1.54) is 0 Å². The number of nitrogens with zero attached hydrogens (tertiary/aromatic N) is 2. The third kappa shape index (κ3) is 5.19. The van der Waals surface area contributed by atoms with E-state index in [0.717, 1.165) is 38.5 Å². The van der Waals surface area contributed by atoms with Gasteiger partial charge in [0.1, 0.15) is 0 Å². The smallest absolute Gasteiger partial charge is 0.202 e. The second-order valence-corrected chi connectivity index (χ2v) is 4.12. The molecule has 1 aromatic rings. The first-order valence-corrected chi connectivity index (χ1v) is 6.03. The fourth-order valence-corrected chi connectivity index (χ4v) is 1.60. The maximum atomic E-state index is 5.06. The molecule has 0 aliphatic heterocycles. The van der Waals surface area contributed by atoms with Gasteiger partial charge in [-0.05, 0) is 19.8 Å². The number of rotatable bonds is 9. The number of aryl methyl sites for hydroxylation is 1. The molecule has 0 saturated carbocycles. The highest BCUT2D eigenvalue weighted by atomic mass is 16.5. The zero-order chi connectivity index (χ0) is 12.5. The number of ether oxygens (including phenoxy) is 2. The van der Waals surface area contributed by atoms with Crippen LogP contribution in [0.2, 0.25) is 0 Å². The van der Waals surface area contributed by atoms with E-state index < -0.39 is 0 Å². The lowest BCUT2D eigenvalue weighted by Gasteiger charge is -2.15. The summed E-state index contributed by atoms with van der Waals surface area (Å²) in [6.07, 6.45) is 5.77. The lowest BCUT2D eigenvalue weighted by molar-refractivity contribution is 0.190. The van der Waals surface area contributed by atoms with Crippen LogP contribution in [0.5, 0.6) is 0 Å². The lowest BCUT2D eigenvalue weighted by atomic mass is 10.2. The van der Waals surface area contributed by atoms with Crippen LogP contribution in [0.1, 0.15) is 19.8 Å². The highest BCUT2D eigenvalue weighted by molar-refractivity contribution is 5.27. The van der Waals surface area contributed by atoms with Crippen LogP contribution in [0.25, 0.3) is 0 Å². The number of anilines is 1. The van der Waals surface area contributed by atoms with Crippen molar-refractivity contribution in [1.82, 2.24) is 9.55 Å². The third-order valence-electron chi connectivity index (χ3n) is 2.59. The standard InChI is InChI=1S/C12H23N3O2/c1-11(5-10-17-3)14-12-13-6-8-15(12)7-4-9-16-2/h6,8,11H,4-5,7,9-10H2,1-3H3,(H,13,14). The predicted octanol–water partition coefficient (Wildman–Crippen LogP) is 1.76. The second-order valence-electron chi connectivity index (χ2n) is 4.12. The first-order chi connectivity index (χ1) is 8.27. The maximum absolute atomic E-state index is 5.06. The van der Waals surface area contributed by atoms with Crippen LogP contribution in [0.3, 0.4) is 0 Å². The van der Waals surface area contributed by atoms with Crippen molar-refractivity contribution in [2.45, 2.75) is 32.4 Å². The van der Waals surface area contributed by atoms with Gasteiger partial charge >= 0.3 is 0 Å². The summed E-state index contributed by atoms with van der Waals surface area (Å²) in [5, 5.41) is 3.38. The highest BCUT2D eigenvalue weighted by Gasteiger charge is 2.06. The van der Waals surface area contributed by atoms with Crippen molar-refractivity contribution in [2.75, 3.05) is 32.8 Å². The molecule has 0 aliphatic rings. The van der Waals surface area contributed by atoms with Crippen LogP contribution < -0.4 is 5.32 Å². The Morgan fingerprint density at radius 3 is 2.82 bits per heavy atom. The Hall–Kier alpha value is -1.07. The molecular weight excluding hydrogens is 218 g/mol. The first-order valence-electron chi connectivity index (χ1n) is 6.03. The fourth-order valence-electron chi connectivity index (χ4n) is 1.60. The number of aromatic nitrogens is 2. The van der Waals surface area contributed by atoms with Gasteiger partial charge in [-0.25, -0.2) is 4.98 Å². The Labute approximate surface area is 103 Å². The molecule has 0 spiro atoms. The number of nitrogens with one attached hydrogen (secondary N) is 1. The van der Waals surface area contributed by atoms with Gasteiger partial charge in [0.05, 0.1) is 0 Å². The predicted molar refractivity (Wildman–Crippen MR) is 68.3 cm³/mol. The summed E-state index contributed by atoms with van der Waals surface area (Å²) in [6, 6.07) is 0.360. The van der Waals surface area contributed by atoms with Gasteiger partial charge in [-0.2, -0.15) is 0 Å². The second kappa shape index (κ2) is 8.08. The molecule has 0 bridgehead atoms. The third-order valence-corrected chi connectivity index (χ3v) is 2.59. The zero-order valence-corrected chi connectivity index (χ0v) is 11.0. The molecule has 98 valence electrons. The van der Waals surface area contributed by atoms with Crippen LogP contribution in [-0.2, 0) is 16.0 Å². The fraction of sp³-hybridized carbons (Fsp3) is 0.750. The summed E-state index contributed by atoms with van der Waals surface area (Å²) in [5.74, 6) is 0.921. The van der Waals surface area contributed by atoms with E-state index in [2.05, 4.69) is 21.8 Å².